The lowest BCUT2D eigenvalue weighted by molar-refractivity contribution is 0.630. The molecule has 0 bridgehead atoms. The van der Waals surface area contributed by atoms with Crippen LogP contribution in [0.5, 0.6) is 0 Å². The summed E-state index contributed by atoms with van der Waals surface area (Å²) in [6.45, 7) is 3.62. The van der Waals surface area contributed by atoms with Crippen molar-refractivity contribution in [2.75, 3.05) is 11.1 Å². The maximum absolute atomic E-state index is 13.9. The molecule has 11 heteroatoms. The molecule has 0 amide bonds. The summed E-state index contributed by atoms with van der Waals surface area (Å²) >= 11 is 0. The van der Waals surface area contributed by atoms with Crippen LogP contribution in [0.1, 0.15) is 31.3 Å². The van der Waals surface area contributed by atoms with Crippen LogP contribution in [0.2, 0.25) is 0 Å². The van der Waals surface area contributed by atoms with Crippen molar-refractivity contribution in [1.29, 1.82) is 0 Å². The SMILES string of the molecule is CC#Cc1cccc2nc([C@H](C)Nc3ncnc(N)c3-c3nnn(C)n3)n(-c3ccccc3)c(=O)c12. The molecule has 3 heterocycles. The summed E-state index contributed by atoms with van der Waals surface area (Å²) < 4.78 is 1.59. The molecule has 0 aliphatic carbocycles. The van der Waals surface area contributed by atoms with Gasteiger partial charge in [0.2, 0.25) is 5.82 Å². The summed E-state index contributed by atoms with van der Waals surface area (Å²) in [5, 5.41) is 16.0. The standard InChI is InChI=1S/C25H22N10O/c1-4-9-16-10-8-13-18-19(16)25(36)35(17-11-6-5-7-12-17)24(30-18)15(2)29-22-20(21(26)27-14-28-22)23-31-33-34(3)32-23/h5-8,10-15H,1-3H3,(H3,26,27,28,29)/t15-/m0/s1. The molecular formula is C25H22N10O. The zero-order valence-electron chi connectivity index (χ0n) is 19.8. The Morgan fingerprint density at radius 3 is 2.61 bits per heavy atom. The van der Waals surface area contributed by atoms with Gasteiger partial charge in [0.15, 0.2) is 0 Å². The molecule has 3 aromatic heterocycles. The van der Waals surface area contributed by atoms with Gasteiger partial charge in [0, 0.05) is 5.56 Å². The fourth-order valence-corrected chi connectivity index (χ4v) is 3.99. The number of nitrogens with two attached hydrogens (primary N) is 1. The maximum atomic E-state index is 13.9. The number of aromatic nitrogens is 8. The number of hydrogen-bond donors (Lipinski definition) is 2. The van der Waals surface area contributed by atoms with Crippen LogP contribution >= 0.6 is 0 Å². The number of rotatable bonds is 5. The van der Waals surface area contributed by atoms with Crippen LogP contribution in [0.15, 0.2) is 59.7 Å². The summed E-state index contributed by atoms with van der Waals surface area (Å²) in [6, 6.07) is 14.3. The molecule has 1 atom stereocenters. The fourth-order valence-electron chi connectivity index (χ4n) is 3.99. The van der Waals surface area contributed by atoms with Gasteiger partial charge in [0.05, 0.1) is 29.7 Å². The molecule has 0 unspecified atom stereocenters. The van der Waals surface area contributed by atoms with Crippen molar-refractivity contribution in [3.05, 3.63) is 76.6 Å². The second-order valence-corrected chi connectivity index (χ2v) is 7.97. The van der Waals surface area contributed by atoms with Gasteiger partial charge >= 0.3 is 0 Å². The lowest BCUT2D eigenvalue weighted by Gasteiger charge is -2.21. The van der Waals surface area contributed by atoms with Gasteiger partial charge < -0.3 is 11.1 Å². The van der Waals surface area contributed by atoms with Crippen molar-refractivity contribution in [2.45, 2.75) is 19.9 Å². The number of anilines is 2. The van der Waals surface area contributed by atoms with Gasteiger partial charge in [-0.15, -0.1) is 16.1 Å². The molecule has 5 rings (SSSR count). The molecule has 0 saturated carbocycles. The van der Waals surface area contributed by atoms with Crippen LogP contribution in [0.3, 0.4) is 0 Å². The largest absolute Gasteiger partial charge is 0.383 e. The van der Waals surface area contributed by atoms with Crippen LogP contribution in [-0.4, -0.2) is 39.7 Å². The Labute approximate surface area is 206 Å². The molecule has 0 aliphatic heterocycles. The Hall–Kier alpha value is -5.11. The van der Waals surface area contributed by atoms with Gasteiger partial charge in [-0.05, 0) is 43.3 Å². The third kappa shape index (κ3) is 4.01. The minimum atomic E-state index is -0.479. The van der Waals surface area contributed by atoms with Gasteiger partial charge in [0.25, 0.3) is 5.56 Å². The Bertz CT molecular complexity index is 1700. The van der Waals surface area contributed by atoms with Gasteiger partial charge in [0.1, 0.15) is 29.4 Å². The summed E-state index contributed by atoms with van der Waals surface area (Å²) in [5.74, 6) is 7.25. The number of benzene rings is 2. The molecular weight excluding hydrogens is 456 g/mol. The number of fused-ring (bicyclic) bond motifs is 1. The molecule has 3 N–H and O–H groups in total. The summed E-state index contributed by atoms with van der Waals surface area (Å²) in [6.07, 6.45) is 1.35. The molecule has 5 aromatic rings. The van der Waals surface area contributed by atoms with E-state index < -0.39 is 6.04 Å². The average Bonchev–Trinajstić information content (AvgIpc) is 3.30. The first-order valence-corrected chi connectivity index (χ1v) is 11.1. The van der Waals surface area contributed by atoms with E-state index in [1.54, 1.807) is 24.6 Å². The molecule has 0 spiro atoms. The zero-order chi connectivity index (χ0) is 25.2. The third-order valence-electron chi connectivity index (χ3n) is 5.55. The average molecular weight is 479 g/mol. The zero-order valence-corrected chi connectivity index (χ0v) is 19.8. The summed E-state index contributed by atoms with van der Waals surface area (Å²) in [7, 11) is 1.65. The first-order chi connectivity index (χ1) is 17.5. The first kappa shape index (κ1) is 22.7. The van der Waals surface area contributed by atoms with Crippen molar-refractivity contribution in [1.82, 2.24) is 39.7 Å². The number of nitrogen functional groups attached to an aromatic ring is 1. The highest BCUT2D eigenvalue weighted by atomic mass is 16.1. The quantitative estimate of drug-likeness (QED) is 0.364. The van der Waals surface area contributed by atoms with Crippen LogP contribution in [0, 0.1) is 11.8 Å². The van der Waals surface area contributed by atoms with E-state index in [9.17, 15) is 4.79 Å². The van der Waals surface area contributed by atoms with Crippen LogP contribution in [0.25, 0.3) is 28.0 Å². The van der Waals surface area contributed by atoms with Crippen LogP contribution < -0.4 is 16.6 Å². The highest BCUT2D eigenvalue weighted by Gasteiger charge is 2.23. The molecule has 0 aliphatic rings. The first-order valence-electron chi connectivity index (χ1n) is 11.1. The topological polar surface area (TPSA) is 142 Å². The third-order valence-corrected chi connectivity index (χ3v) is 5.55. The molecule has 36 heavy (non-hydrogen) atoms. The molecule has 11 nitrogen and oxygen atoms in total. The predicted octanol–water partition coefficient (Wildman–Crippen LogP) is 2.49. The van der Waals surface area contributed by atoms with E-state index in [0.717, 1.165) is 0 Å². The highest BCUT2D eigenvalue weighted by molar-refractivity contribution is 5.85. The minimum Gasteiger partial charge on any atom is -0.383 e. The number of nitrogens with zero attached hydrogens (tertiary/aromatic N) is 8. The monoisotopic (exact) mass is 478 g/mol. The maximum Gasteiger partial charge on any atom is 0.267 e. The number of aryl methyl sites for hydroxylation is 1. The van der Waals surface area contributed by atoms with E-state index >= 15 is 0 Å². The van der Waals surface area contributed by atoms with Crippen molar-refractivity contribution >= 4 is 22.5 Å². The summed E-state index contributed by atoms with van der Waals surface area (Å²) in [4.78, 5) is 28.6. The fraction of sp³-hybridized carbons (Fsp3) is 0.160. The molecule has 2 aromatic carbocycles. The van der Waals surface area contributed by atoms with Crippen molar-refractivity contribution < 1.29 is 0 Å². The lowest BCUT2D eigenvalue weighted by Crippen LogP contribution is -2.28. The predicted molar refractivity (Wildman–Crippen MR) is 136 cm³/mol. The van der Waals surface area contributed by atoms with Gasteiger partial charge in [-0.25, -0.2) is 15.0 Å². The second-order valence-electron chi connectivity index (χ2n) is 7.97. The van der Waals surface area contributed by atoms with E-state index in [1.807, 2.05) is 49.4 Å². The molecule has 0 fully saturated rings. The van der Waals surface area contributed by atoms with Crippen molar-refractivity contribution in [2.24, 2.45) is 7.05 Å². The van der Waals surface area contributed by atoms with E-state index in [0.29, 0.717) is 39.4 Å². The lowest BCUT2D eigenvalue weighted by atomic mass is 10.1. The smallest absolute Gasteiger partial charge is 0.267 e. The Kier molecular flexibility index (Phi) is 5.83. The van der Waals surface area contributed by atoms with E-state index in [2.05, 4.69) is 42.5 Å². The van der Waals surface area contributed by atoms with Gasteiger partial charge in [-0.1, -0.05) is 30.2 Å². The highest BCUT2D eigenvalue weighted by Crippen LogP contribution is 2.30. The van der Waals surface area contributed by atoms with Gasteiger partial charge in [-0.2, -0.15) is 4.80 Å². The van der Waals surface area contributed by atoms with Crippen LogP contribution in [-0.2, 0) is 7.05 Å². The van der Waals surface area contributed by atoms with Crippen molar-refractivity contribution in [3.8, 4) is 28.9 Å². The molecule has 0 radical (unpaired) electrons. The minimum absolute atomic E-state index is 0.197. The number of para-hydroxylation sites is 1. The molecule has 0 saturated heterocycles. The van der Waals surface area contributed by atoms with Gasteiger partial charge in [-0.3, -0.25) is 9.36 Å². The second kappa shape index (κ2) is 9.27. The summed E-state index contributed by atoms with van der Waals surface area (Å²) in [5.41, 5.74) is 8.20. The number of hydrogen-bond acceptors (Lipinski definition) is 9. The van der Waals surface area contributed by atoms with E-state index in [4.69, 9.17) is 10.7 Å². The van der Waals surface area contributed by atoms with E-state index in [-0.39, 0.29) is 17.2 Å². The Morgan fingerprint density at radius 2 is 1.89 bits per heavy atom. The number of nitrogens with one attached hydrogen (secondary N) is 1. The number of tetrazole rings is 1. The molecule has 178 valence electrons. The normalized spacial score (nSPS) is 11.6. The van der Waals surface area contributed by atoms with Crippen LogP contribution in [0.4, 0.5) is 11.6 Å². The Morgan fingerprint density at radius 1 is 1.08 bits per heavy atom. The Balaban J connectivity index is 1.70. The van der Waals surface area contributed by atoms with E-state index in [1.165, 1.54) is 11.1 Å². The van der Waals surface area contributed by atoms with Crippen molar-refractivity contribution in [3.63, 3.8) is 0 Å².